The summed E-state index contributed by atoms with van der Waals surface area (Å²) in [6, 6.07) is 0. The van der Waals surface area contributed by atoms with Gasteiger partial charge >= 0.3 is 0 Å². The SMILES string of the molecule is CCCCCCCCCCC(O)CCCCCCCCC(O)(O)O. The molecular weight excluding hydrogens is 304 g/mol. The molecule has 0 spiro atoms. The van der Waals surface area contributed by atoms with E-state index in [-0.39, 0.29) is 12.5 Å². The van der Waals surface area contributed by atoms with Gasteiger partial charge < -0.3 is 20.4 Å². The van der Waals surface area contributed by atoms with E-state index in [1.54, 1.807) is 0 Å². The lowest BCUT2D eigenvalue weighted by Crippen LogP contribution is -2.26. The summed E-state index contributed by atoms with van der Waals surface area (Å²) in [7, 11) is 0. The Kier molecular flexibility index (Phi) is 16.2. The molecule has 4 N–H and O–H groups in total. The molecule has 4 heteroatoms. The lowest BCUT2D eigenvalue weighted by Gasteiger charge is -2.13. The van der Waals surface area contributed by atoms with Crippen molar-refractivity contribution in [1.29, 1.82) is 0 Å². The second-order valence-corrected chi connectivity index (χ2v) is 7.35. The molecule has 0 aromatic carbocycles. The van der Waals surface area contributed by atoms with E-state index in [1.807, 2.05) is 0 Å². The van der Waals surface area contributed by atoms with Gasteiger partial charge in [0.2, 0.25) is 0 Å². The highest BCUT2D eigenvalue weighted by Gasteiger charge is 2.16. The third kappa shape index (κ3) is 19.9. The van der Waals surface area contributed by atoms with E-state index in [0.29, 0.717) is 6.42 Å². The first kappa shape index (κ1) is 23.8. The van der Waals surface area contributed by atoms with Crippen LogP contribution in [0.15, 0.2) is 0 Å². The highest BCUT2D eigenvalue weighted by atomic mass is 16.7. The molecule has 0 saturated heterocycles. The molecule has 1 atom stereocenters. The van der Waals surface area contributed by atoms with Crippen LogP contribution in [0.2, 0.25) is 0 Å². The maximum atomic E-state index is 9.97. The first-order valence-electron chi connectivity index (χ1n) is 10.3. The molecule has 0 aromatic heterocycles. The van der Waals surface area contributed by atoms with E-state index in [9.17, 15) is 5.11 Å². The van der Waals surface area contributed by atoms with Crippen LogP contribution in [0.4, 0.5) is 0 Å². The lowest BCUT2D eigenvalue weighted by molar-refractivity contribution is -0.315. The largest absolute Gasteiger partial charge is 0.393 e. The first-order valence-corrected chi connectivity index (χ1v) is 10.3. The smallest absolute Gasteiger partial charge is 0.275 e. The molecule has 0 fully saturated rings. The number of hydrogen-bond acceptors (Lipinski definition) is 4. The van der Waals surface area contributed by atoms with Gasteiger partial charge in [0.05, 0.1) is 6.10 Å². The number of unbranched alkanes of at least 4 members (excludes halogenated alkanes) is 12. The van der Waals surface area contributed by atoms with Gasteiger partial charge in [-0.25, -0.2) is 0 Å². The third-order valence-electron chi connectivity index (χ3n) is 4.69. The molecule has 0 rings (SSSR count). The van der Waals surface area contributed by atoms with Gasteiger partial charge in [-0.3, -0.25) is 0 Å². The number of aliphatic hydroxyl groups excluding tert-OH is 1. The fraction of sp³-hybridized carbons (Fsp3) is 1.00. The van der Waals surface area contributed by atoms with Gasteiger partial charge in [-0.15, -0.1) is 0 Å². The zero-order chi connectivity index (χ0) is 18.1. The van der Waals surface area contributed by atoms with Crippen LogP contribution in [0.25, 0.3) is 0 Å². The van der Waals surface area contributed by atoms with E-state index in [0.717, 1.165) is 51.4 Å². The van der Waals surface area contributed by atoms with Gasteiger partial charge in [0.25, 0.3) is 5.97 Å². The van der Waals surface area contributed by atoms with Crippen LogP contribution in [-0.2, 0) is 0 Å². The number of aliphatic hydroxyl groups is 4. The molecule has 1 unspecified atom stereocenters. The Balaban J connectivity index is 3.20. The van der Waals surface area contributed by atoms with Crippen LogP contribution in [0.5, 0.6) is 0 Å². The second kappa shape index (κ2) is 16.3. The highest BCUT2D eigenvalue weighted by molar-refractivity contribution is 4.58. The quantitative estimate of drug-likeness (QED) is 0.215. The Morgan fingerprint density at radius 1 is 0.583 bits per heavy atom. The second-order valence-electron chi connectivity index (χ2n) is 7.35. The number of hydrogen-bond donors (Lipinski definition) is 4. The molecule has 0 aromatic rings. The minimum absolute atomic E-state index is 0.0182. The van der Waals surface area contributed by atoms with Crippen molar-refractivity contribution in [2.75, 3.05) is 0 Å². The van der Waals surface area contributed by atoms with Crippen LogP contribution >= 0.6 is 0 Å². The molecule has 0 heterocycles. The normalized spacial score (nSPS) is 13.4. The molecule has 146 valence electrons. The van der Waals surface area contributed by atoms with Crippen LogP contribution in [0.1, 0.15) is 116 Å². The fourth-order valence-corrected chi connectivity index (χ4v) is 3.11. The molecular formula is C20H42O4. The summed E-state index contributed by atoms with van der Waals surface area (Å²) >= 11 is 0. The maximum absolute atomic E-state index is 9.97. The average molecular weight is 347 g/mol. The monoisotopic (exact) mass is 346 g/mol. The van der Waals surface area contributed by atoms with Crippen LogP contribution in [0, 0.1) is 0 Å². The van der Waals surface area contributed by atoms with Gasteiger partial charge in [0.1, 0.15) is 0 Å². The van der Waals surface area contributed by atoms with Crippen molar-refractivity contribution in [1.82, 2.24) is 0 Å². The van der Waals surface area contributed by atoms with Crippen LogP contribution in [0.3, 0.4) is 0 Å². The van der Waals surface area contributed by atoms with Crippen molar-refractivity contribution >= 4 is 0 Å². The Morgan fingerprint density at radius 2 is 0.958 bits per heavy atom. The van der Waals surface area contributed by atoms with Crippen molar-refractivity contribution in [3.8, 4) is 0 Å². The summed E-state index contributed by atoms with van der Waals surface area (Å²) in [5, 5.41) is 36.2. The fourth-order valence-electron chi connectivity index (χ4n) is 3.11. The Labute approximate surface area is 149 Å². The van der Waals surface area contributed by atoms with E-state index in [1.165, 1.54) is 44.9 Å². The predicted octanol–water partition coefficient (Wildman–Crippen LogP) is 4.63. The average Bonchev–Trinajstić information content (AvgIpc) is 2.51. The molecule has 0 amide bonds. The van der Waals surface area contributed by atoms with Gasteiger partial charge in [0.15, 0.2) is 0 Å². The van der Waals surface area contributed by atoms with Gasteiger partial charge in [-0.1, -0.05) is 90.4 Å². The summed E-state index contributed by atoms with van der Waals surface area (Å²) in [5.74, 6) is -2.50. The molecule has 0 radical (unpaired) electrons. The number of rotatable bonds is 18. The van der Waals surface area contributed by atoms with Gasteiger partial charge in [-0.05, 0) is 19.3 Å². The first-order chi connectivity index (χ1) is 11.5. The predicted molar refractivity (Wildman–Crippen MR) is 99.6 cm³/mol. The van der Waals surface area contributed by atoms with Crippen molar-refractivity contribution in [3.05, 3.63) is 0 Å². The Hall–Kier alpha value is -0.160. The van der Waals surface area contributed by atoms with E-state index < -0.39 is 5.97 Å². The minimum Gasteiger partial charge on any atom is -0.393 e. The summed E-state index contributed by atoms with van der Waals surface area (Å²) < 4.78 is 0. The maximum Gasteiger partial charge on any atom is 0.275 e. The molecule has 4 nitrogen and oxygen atoms in total. The minimum atomic E-state index is -2.50. The molecule has 0 aliphatic carbocycles. The van der Waals surface area contributed by atoms with Crippen molar-refractivity contribution in [3.63, 3.8) is 0 Å². The van der Waals surface area contributed by atoms with Crippen molar-refractivity contribution in [2.45, 2.75) is 128 Å². The zero-order valence-electron chi connectivity index (χ0n) is 15.9. The van der Waals surface area contributed by atoms with Crippen molar-refractivity contribution in [2.24, 2.45) is 0 Å². The summed E-state index contributed by atoms with van der Waals surface area (Å²) in [6.07, 6.45) is 18.1. The highest BCUT2D eigenvalue weighted by Crippen LogP contribution is 2.15. The molecule has 0 aliphatic heterocycles. The molecule has 24 heavy (non-hydrogen) atoms. The third-order valence-corrected chi connectivity index (χ3v) is 4.69. The zero-order valence-corrected chi connectivity index (χ0v) is 15.9. The van der Waals surface area contributed by atoms with Crippen LogP contribution < -0.4 is 0 Å². The summed E-state index contributed by atoms with van der Waals surface area (Å²) in [5.41, 5.74) is 0. The van der Waals surface area contributed by atoms with Gasteiger partial charge in [-0.2, -0.15) is 0 Å². The lowest BCUT2D eigenvalue weighted by atomic mass is 10.0. The Bertz CT molecular complexity index is 251. The standard InChI is InChI=1S/C20H42O4/c1-2-3-4-5-6-7-10-13-16-19(21)17-14-11-8-9-12-15-18-20(22,23)24/h19,21-24H,2-18H2,1H3. The Morgan fingerprint density at radius 3 is 1.38 bits per heavy atom. The van der Waals surface area contributed by atoms with Crippen molar-refractivity contribution < 1.29 is 20.4 Å². The van der Waals surface area contributed by atoms with E-state index >= 15 is 0 Å². The molecule has 0 saturated carbocycles. The van der Waals surface area contributed by atoms with E-state index in [4.69, 9.17) is 15.3 Å². The molecule has 0 aliphatic rings. The summed E-state index contributed by atoms with van der Waals surface area (Å²) in [4.78, 5) is 0. The van der Waals surface area contributed by atoms with Gasteiger partial charge in [0, 0.05) is 6.42 Å². The molecule has 0 bridgehead atoms. The topological polar surface area (TPSA) is 80.9 Å². The van der Waals surface area contributed by atoms with Crippen LogP contribution in [-0.4, -0.2) is 32.5 Å². The summed E-state index contributed by atoms with van der Waals surface area (Å²) in [6.45, 7) is 2.25. The van der Waals surface area contributed by atoms with E-state index in [2.05, 4.69) is 6.92 Å².